The van der Waals surface area contributed by atoms with Crippen molar-refractivity contribution in [1.29, 1.82) is 0 Å². The Kier molecular flexibility index (Phi) is 3.51. The highest BCUT2D eigenvalue weighted by molar-refractivity contribution is 7.19. The minimum absolute atomic E-state index is 0.0313. The van der Waals surface area contributed by atoms with E-state index in [9.17, 15) is 4.79 Å². The number of hydrogen-bond donors (Lipinski definition) is 1. The van der Waals surface area contributed by atoms with Crippen LogP contribution in [0.5, 0.6) is 0 Å². The predicted molar refractivity (Wildman–Crippen MR) is 104 cm³/mol. The summed E-state index contributed by atoms with van der Waals surface area (Å²) < 4.78 is 1.19. The van der Waals surface area contributed by atoms with Crippen LogP contribution in [-0.4, -0.2) is 16.3 Å². The molecule has 4 heteroatoms. The van der Waals surface area contributed by atoms with E-state index in [2.05, 4.69) is 43.5 Å². The Morgan fingerprint density at radius 3 is 2.52 bits per heavy atom. The van der Waals surface area contributed by atoms with Crippen molar-refractivity contribution < 1.29 is 4.79 Å². The van der Waals surface area contributed by atoms with Crippen LogP contribution >= 0.6 is 11.3 Å². The first-order valence-electron chi connectivity index (χ1n) is 8.58. The number of aromatic nitrogens is 1. The Hall–Kier alpha value is -2.20. The van der Waals surface area contributed by atoms with Crippen LogP contribution in [0.25, 0.3) is 16.3 Å². The molecule has 0 atom stereocenters. The van der Waals surface area contributed by atoms with E-state index in [0.717, 1.165) is 33.8 Å². The zero-order valence-electron chi connectivity index (χ0n) is 15.0. The molecule has 3 nitrogen and oxygen atoms in total. The van der Waals surface area contributed by atoms with Crippen molar-refractivity contribution >= 4 is 33.4 Å². The third kappa shape index (κ3) is 2.74. The molecule has 1 aliphatic carbocycles. The summed E-state index contributed by atoms with van der Waals surface area (Å²) in [5.41, 5.74) is 3.54. The minimum atomic E-state index is -0.247. The maximum absolute atomic E-state index is 12.2. The molecule has 4 rings (SSSR count). The number of hydrogen-bond acceptors (Lipinski definition) is 4. The normalized spacial score (nSPS) is 23.0. The van der Waals surface area contributed by atoms with Gasteiger partial charge >= 0.3 is 0 Å². The lowest BCUT2D eigenvalue weighted by atomic mass is 9.73. The van der Waals surface area contributed by atoms with E-state index in [0.29, 0.717) is 0 Å². The molecule has 2 aromatic rings. The van der Waals surface area contributed by atoms with Crippen molar-refractivity contribution in [3.05, 3.63) is 58.3 Å². The molecule has 1 fully saturated rings. The Bertz CT molecular complexity index is 920. The van der Waals surface area contributed by atoms with Gasteiger partial charge in [0.15, 0.2) is 5.78 Å². The molecule has 2 heterocycles. The number of rotatable bonds is 1. The largest absolute Gasteiger partial charge is 0.382 e. The second-order valence-electron chi connectivity index (χ2n) is 7.79. The first-order valence-corrected chi connectivity index (χ1v) is 9.39. The number of fused-ring (bicyclic) bond motifs is 1. The highest BCUT2D eigenvalue weighted by Gasteiger charge is 2.46. The molecule has 0 bridgehead atoms. The van der Waals surface area contributed by atoms with Gasteiger partial charge in [0, 0.05) is 16.7 Å². The number of nitrogens with one attached hydrogen (secondary N) is 1. The molecule has 0 unspecified atom stereocenters. The van der Waals surface area contributed by atoms with Crippen molar-refractivity contribution in [1.82, 2.24) is 10.3 Å². The van der Waals surface area contributed by atoms with Crippen molar-refractivity contribution in [2.24, 2.45) is 5.41 Å². The van der Waals surface area contributed by atoms with E-state index in [1.54, 1.807) is 11.3 Å². The number of para-hydroxylation sites is 1. The highest BCUT2D eigenvalue weighted by Crippen LogP contribution is 2.48. The van der Waals surface area contributed by atoms with Crippen LogP contribution in [-0.2, 0) is 4.79 Å². The predicted octanol–water partition coefficient (Wildman–Crippen LogP) is 4.87. The fourth-order valence-electron chi connectivity index (χ4n) is 4.11. The second-order valence-corrected chi connectivity index (χ2v) is 8.85. The van der Waals surface area contributed by atoms with Crippen LogP contribution < -0.4 is 5.32 Å². The number of ketones is 1. The number of allylic oxidation sites excluding steroid dienone is 3. The molecule has 1 saturated heterocycles. The van der Waals surface area contributed by atoms with Crippen molar-refractivity contribution in [3.8, 4) is 0 Å². The van der Waals surface area contributed by atoms with Gasteiger partial charge in [0.2, 0.25) is 0 Å². The number of benzene rings is 1. The van der Waals surface area contributed by atoms with Crippen LogP contribution in [0.2, 0.25) is 0 Å². The Morgan fingerprint density at radius 1 is 1.16 bits per heavy atom. The summed E-state index contributed by atoms with van der Waals surface area (Å²) in [6.07, 6.45) is 7.34. The number of Topliss-reactive ketones (excluding diaryl/α,β-unsaturated/α-hetero) is 1. The van der Waals surface area contributed by atoms with Gasteiger partial charge in [-0.15, -0.1) is 11.3 Å². The molecule has 1 aliphatic heterocycles. The Balaban J connectivity index is 1.85. The van der Waals surface area contributed by atoms with E-state index >= 15 is 0 Å². The van der Waals surface area contributed by atoms with Crippen LogP contribution in [0.3, 0.4) is 0 Å². The monoisotopic (exact) mass is 350 g/mol. The number of carbonyl (C=O) groups excluding carboxylic acids is 1. The van der Waals surface area contributed by atoms with Crippen molar-refractivity contribution in [3.63, 3.8) is 0 Å². The lowest BCUT2D eigenvalue weighted by Crippen LogP contribution is -2.30. The standard InChI is InChI=1S/C21H22N2OS/c1-13-10-21(11-14(2)19(13)24)12-20(3,4)23-17(21)9-18-22-15-7-5-6-8-16(15)25-18/h5-11,23H,12H2,1-4H3. The third-order valence-electron chi connectivity index (χ3n) is 4.95. The SMILES string of the molecule is CC1=CC2(C=C(C)C1=O)CC(C)(C)NC2=Cc1nc2ccccc2s1. The van der Waals surface area contributed by atoms with E-state index in [1.165, 1.54) is 4.70 Å². The lowest BCUT2D eigenvalue weighted by molar-refractivity contribution is -0.112. The molecule has 0 saturated carbocycles. The number of nitrogens with zero attached hydrogens (tertiary/aromatic N) is 1. The van der Waals surface area contributed by atoms with Crippen molar-refractivity contribution in [2.45, 2.75) is 39.7 Å². The zero-order chi connectivity index (χ0) is 17.8. The van der Waals surface area contributed by atoms with E-state index in [-0.39, 0.29) is 16.7 Å². The first kappa shape index (κ1) is 16.3. The molecule has 25 heavy (non-hydrogen) atoms. The summed E-state index contributed by atoms with van der Waals surface area (Å²) >= 11 is 1.70. The summed E-state index contributed by atoms with van der Waals surface area (Å²) in [5, 5.41) is 4.66. The van der Waals surface area contributed by atoms with Crippen LogP contribution in [0.1, 0.15) is 39.1 Å². The summed E-state index contributed by atoms with van der Waals surface area (Å²) in [4.78, 5) is 17.0. The van der Waals surface area contributed by atoms with Gasteiger partial charge in [-0.05, 0) is 63.5 Å². The smallest absolute Gasteiger partial charge is 0.183 e. The van der Waals surface area contributed by atoms with Gasteiger partial charge in [0.05, 0.1) is 10.2 Å². The van der Waals surface area contributed by atoms with Crippen molar-refractivity contribution in [2.75, 3.05) is 0 Å². The summed E-state index contributed by atoms with van der Waals surface area (Å²) in [6, 6.07) is 8.20. The lowest BCUT2D eigenvalue weighted by Gasteiger charge is -2.28. The zero-order valence-corrected chi connectivity index (χ0v) is 15.8. The molecule has 1 aromatic carbocycles. The maximum atomic E-state index is 12.2. The molecular formula is C21H22N2OS. The van der Waals surface area contributed by atoms with Gasteiger partial charge in [0.1, 0.15) is 5.01 Å². The fourth-order valence-corrected chi connectivity index (χ4v) is 5.02. The minimum Gasteiger partial charge on any atom is -0.382 e. The Labute approximate surface area is 152 Å². The molecule has 1 spiro atoms. The molecule has 2 aliphatic rings. The number of thiazole rings is 1. The van der Waals surface area contributed by atoms with E-state index in [1.807, 2.05) is 32.0 Å². The average Bonchev–Trinajstić information content (AvgIpc) is 3.03. The van der Waals surface area contributed by atoms with Crippen LogP contribution in [0, 0.1) is 5.41 Å². The van der Waals surface area contributed by atoms with Gasteiger partial charge < -0.3 is 5.32 Å². The van der Waals surface area contributed by atoms with Gasteiger partial charge in [0.25, 0.3) is 0 Å². The first-order chi connectivity index (χ1) is 11.8. The molecule has 128 valence electrons. The van der Waals surface area contributed by atoms with Crippen LogP contribution in [0.4, 0.5) is 0 Å². The molecular weight excluding hydrogens is 328 g/mol. The van der Waals surface area contributed by atoms with Gasteiger partial charge in [-0.1, -0.05) is 24.3 Å². The van der Waals surface area contributed by atoms with E-state index in [4.69, 9.17) is 4.98 Å². The fraction of sp³-hybridized carbons (Fsp3) is 0.333. The summed E-state index contributed by atoms with van der Waals surface area (Å²) in [5.74, 6) is 0.148. The van der Waals surface area contributed by atoms with E-state index < -0.39 is 0 Å². The average molecular weight is 350 g/mol. The Morgan fingerprint density at radius 2 is 1.84 bits per heavy atom. The maximum Gasteiger partial charge on any atom is 0.183 e. The van der Waals surface area contributed by atoms with Gasteiger partial charge in [-0.25, -0.2) is 4.98 Å². The molecule has 0 radical (unpaired) electrons. The quantitative estimate of drug-likeness (QED) is 0.798. The summed E-state index contributed by atoms with van der Waals surface area (Å²) in [7, 11) is 0. The highest BCUT2D eigenvalue weighted by atomic mass is 32.1. The molecule has 0 amide bonds. The second kappa shape index (κ2) is 5.40. The third-order valence-corrected chi connectivity index (χ3v) is 5.94. The molecule has 1 N–H and O–H groups in total. The number of carbonyl (C=O) groups is 1. The van der Waals surface area contributed by atoms with Crippen LogP contribution in [0.15, 0.2) is 53.3 Å². The van der Waals surface area contributed by atoms with Gasteiger partial charge in [-0.3, -0.25) is 4.79 Å². The molecule has 1 aromatic heterocycles. The topological polar surface area (TPSA) is 42.0 Å². The summed E-state index contributed by atoms with van der Waals surface area (Å²) in [6.45, 7) is 8.25. The van der Waals surface area contributed by atoms with Gasteiger partial charge in [-0.2, -0.15) is 0 Å².